The van der Waals surface area contributed by atoms with E-state index in [1.807, 2.05) is 0 Å². The zero-order valence-corrected chi connectivity index (χ0v) is 6.67. The SMILES string of the molecule is CC(C(=O)O)P(=O)(O)OCl. The molecule has 0 aromatic heterocycles. The van der Waals surface area contributed by atoms with Crippen molar-refractivity contribution < 1.29 is 23.4 Å². The third-order valence-electron chi connectivity index (χ3n) is 0.946. The smallest absolute Gasteiger partial charge is 0.358 e. The zero-order valence-electron chi connectivity index (χ0n) is 5.02. The molecule has 0 aliphatic rings. The predicted molar refractivity (Wildman–Crippen MR) is 33.9 cm³/mol. The summed E-state index contributed by atoms with van der Waals surface area (Å²) in [5, 5.41) is 8.18. The molecular formula is C3H6ClO5P. The quantitative estimate of drug-likeness (QED) is 0.641. The van der Waals surface area contributed by atoms with E-state index >= 15 is 0 Å². The van der Waals surface area contributed by atoms with Crippen LogP contribution in [0.25, 0.3) is 0 Å². The van der Waals surface area contributed by atoms with Crippen LogP contribution < -0.4 is 0 Å². The molecule has 0 radical (unpaired) electrons. The lowest BCUT2D eigenvalue weighted by Crippen LogP contribution is -2.16. The van der Waals surface area contributed by atoms with Gasteiger partial charge in [-0.05, 0) is 6.92 Å². The summed E-state index contributed by atoms with van der Waals surface area (Å²) in [5.74, 6) is -1.42. The number of hydrogen-bond acceptors (Lipinski definition) is 3. The summed E-state index contributed by atoms with van der Waals surface area (Å²) in [6, 6.07) is 0. The minimum Gasteiger partial charge on any atom is -0.481 e. The van der Waals surface area contributed by atoms with Crippen molar-refractivity contribution in [1.29, 1.82) is 0 Å². The molecule has 2 unspecified atom stereocenters. The molecule has 0 rings (SSSR count). The molecule has 0 aromatic carbocycles. The topological polar surface area (TPSA) is 83.8 Å². The maximum atomic E-state index is 10.5. The van der Waals surface area contributed by atoms with Crippen molar-refractivity contribution >= 4 is 25.4 Å². The van der Waals surface area contributed by atoms with Crippen LogP contribution in [0.2, 0.25) is 0 Å². The molecule has 60 valence electrons. The van der Waals surface area contributed by atoms with Crippen molar-refractivity contribution in [1.82, 2.24) is 0 Å². The molecule has 0 saturated heterocycles. The van der Waals surface area contributed by atoms with E-state index < -0.39 is 19.2 Å². The number of hydrogen-bond donors (Lipinski definition) is 2. The van der Waals surface area contributed by atoms with Crippen molar-refractivity contribution in [3.8, 4) is 0 Å². The second-order valence-electron chi connectivity index (χ2n) is 1.65. The molecule has 0 aromatic rings. The molecule has 0 fully saturated rings. The van der Waals surface area contributed by atoms with E-state index in [9.17, 15) is 9.36 Å². The summed E-state index contributed by atoms with van der Waals surface area (Å²) >= 11 is 4.56. The highest BCUT2D eigenvalue weighted by molar-refractivity contribution is 7.55. The van der Waals surface area contributed by atoms with Crippen LogP contribution in [0.3, 0.4) is 0 Å². The normalized spacial score (nSPS) is 19.5. The van der Waals surface area contributed by atoms with Gasteiger partial charge < -0.3 is 10.00 Å². The third-order valence-corrected chi connectivity index (χ3v) is 2.94. The monoisotopic (exact) mass is 188 g/mol. The first-order valence-corrected chi connectivity index (χ1v) is 4.23. The lowest BCUT2D eigenvalue weighted by atomic mass is 10.5. The summed E-state index contributed by atoms with van der Waals surface area (Å²) in [5.41, 5.74) is -1.50. The Bertz CT molecular complexity index is 180. The van der Waals surface area contributed by atoms with E-state index in [4.69, 9.17) is 10.00 Å². The van der Waals surface area contributed by atoms with Gasteiger partial charge in [0.15, 0.2) is 5.66 Å². The van der Waals surface area contributed by atoms with E-state index in [2.05, 4.69) is 15.9 Å². The molecule has 0 aliphatic carbocycles. The molecule has 0 heterocycles. The van der Waals surface area contributed by atoms with Gasteiger partial charge in [0.05, 0.1) is 11.9 Å². The van der Waals surface area contributed by atoms with Crippen molar-refractivity contribution in [2.24, 2.45) is 0 Å². The number of carboxylic acids is 1. The number of rotatable bonds is 3. The average Bonchev–Trinajstić information content (AvgIpc) is 1.86. The van der Waals surface area contributed by atoms with E-state index in [0.29, 0.717) is 0 Å². The van der Waals surface area contributed by atoms with E-state index in [1.54, 1.807) is 0 Å². The third kappa shape index (κ3) is 2.27. The Kier molecular flexibility index (Phi) is 3.31. The Hall–Kier alpha value is -0.0900. The number of carboxylic acid groups (broad SMARTS) is 1. The first kappa shape index (κ1) is 9.91. The van der Waals surface area contributed by atoms with Crippen LogP contribution in [-0.4, -0.2) is 21.6 Å². The molecule has 10 heavy (non-hydrogen) atoms. The van der Waals surface area contributed by atoms with Gasteiger partial charge in [0.2, 0.25) is 0 Å². The van der Waals surface area contributed by atoms with Crippen LogP contribution in [0.1, 0.15) is 6.92 Å². The minimum absolute atomic E-state index is 1.03. The van der Waals surface area contributed by atoms with Crippen LogP contribution in [0.4, 0.5) is 0 Å². The summed E-state index contributed by atoms with van der Waals surface area (Å²) in [7, 11) is -4.15. The van der Waals surface area contributed by atoms with Gasteiger partial charge in [-0.2, -0.15) is 4.08 Å². The van der Waals surface area contributed by atoms with Crippen molar-refractivity contribution in [3.63, 3.8) is 0 Å². The molecule has 0 spiro atoms. The summed E-state index contributed by atoms with van der Waals surface area (Å²) < 4.78 is 14.1. The fourth-order valence-electron chi connectivity index (χ4n) is 0.199. The molecule has 7 heteroatoms. The maximum absolute atomic E-state index is 10.5. The summed E-state index contributed by atoms with van der Waals surface area (Å²) in [6.45, 7) is 1.03. The average molecular weight is 189 g/mol. The lowest BCUT2D eigenvalue weighted by Gasteiger charge is -2.09. The van der Waals surface area contributed by atoms with Gasteiger partial charge in [-0.15, -0.1) is 0 Å². The second kappa shape index (κ2) is 3.34. The lowest BCUT2D eigenvalue weighted by molar-refractivity contribution is -0.136. The Balaban J connectivity index is 4.33. The number of aliphatic carboxylic acids is 1. The van der Waals surface area contributed by atoms with Gasteiger partial charge in [0.1, 0.15) is 0 Å². The van der Waals surface area contributed by atoms with Crippen molar-refractivity contribution in [3.05, 3.63) is 0 Å². The van der Waals surface area contributed by atoms with Gasteiger partial charge in [0.25, 0.3) is 0 Å². The molecule has 0 amide bonds. The van der Waals surface area contributed by atoms with Crippen LogP contribution in [0.5, 0.6) is 0 Å². The number of halogens is 1. The fraction of sp³-hybridized carbons (Fsp3) is 0.667. The number of carbonyl (C=O) groups is 1. The van der Waals surface area contributed by atoms with Crippen LogP contribution in [0, 0.1) is 0 Å². The van der Waals surface area contributed by atoms with Crippen LogP contribution in [-0.2, 0) is 13.4 Å². The van der Waals surface area contributed by atoms with Crippen LogP contribution in [0.15, 0.2) is 0 Å². The minimum atomic E-state index is -4.15. The highest BCUT2D eigenvalue weighted by atomic mass is 35.5. The Morgan fingerprint density at radius 3 is 2.30 bits per heavy atom. The molecule has 0 aliphatic heterocycles. The Morgan fingerprint density at radius 1 is 1.80 bits per heavy atom. The molecule has 0 saturated carbocycles. The van der Waals surface area contributed by atoms with E-state index in [-0.39, 0.29) is 0 Å². The first-order valence-electron chi connectivity index (χ1n) is 2.27. The van der Waals surface area contributed by atoms with Crippen molar-refractivity contribution in [2.45, 2.75) is 12.6 Å². The van der Waals surface area contributed by atoms with Crippen molar-refractivity contribution in [2.75, 3.05) is 0 Å². The summed E-state index contributed by atoms with van der Waals surface area (Å²) in [6.07, 6.45) is 0. The standard InChI is InChI=1S/C3H6ClO5P/c1-2(3(5)6)10(7,8)9-4/h2H,1H3,(H,5,6)(H,7,8). The van der Waals surface area contributed by atoms with E-state index in [0.717, 1.165) is 6.92 Å². The molecule has 2 atom stereocenters. The molecular weight excluding hydrogens is 182 g/mol. The largest absolute Gasteiger partial charge is 0.481 e. The van der Waals surface area contributed by atoms with Gasteiger partial charge in [-0.25, -0.2) is 0 Å². The van der Waals surface area contributed by atoms with Gasteiger partial charge in [-0.1, -0.05) is 0 Å². The highest BCUT2D eigenvalue weighted by Gasteiger charge is 2.34. The Morgan fingerprint density at radius 2 is 2.20 bits per heavy atom. The second-order valence-corrected chi connectivity index (χ2v) is 4.10. The van der Waals surface area contributed by atoms with E-state index in [1.165, 1.54) is 0 Å². The van der Waals surface area contributed by atoms with Gasteiger partial charge in [0, 0.05) is 0 Å². The predicted octanol–water partition coefficient (Wildman–Crippen LogP) is 0.815. The molecule has 5 nitrogen and oxygen atoms in total. The summed E-state index contributed by atoms with van der Waals surface area (Å²) in [4.78, 5) is 18.6. The Labute approximate surface area is 62.3 Å². The fourth-order valence-corrected chi connectivity index (χ4v) is 0.957. The van der Waals surface area contributed by atoms with Gasteiger partial charge >= 0.3 is 13.6 Å². The van der Waals surface area contributed by atoms with Crippen LogP contribution >= 0.6 is 19.5 Å². The maximum Gasteiger partial charge on any atom is 0.358 e. The van der Waals surface area contributed by atoms with Gasteiger partial charge in [-0.3, -0.25) is 9.36 Å². The zero-order chi connectivity index (χ0) is 8.36. The highest BCUT2D eigenvalue weighted by Crippen LogP contribution is 2.48. The molecule has 0 bridgehead atoms. The molecule has 2 N–H and O–H groups in total. The first-order chi connectivity index (χ1) is 4.41.